The van der Waals surface area contributed by atoms with Gasteiger partial charge in [-0.15, -0.1) is 0 Å². The zero-order chi connectivity index (χ0) is 16.4. The fourth-order valence-corrected chi connectivity index (χ4v) is 5.19. The molecule has 4 aromatic carbocycles. The molecule has 0 fully saturated rings. The fraction of sp³-hybridized carbons (Fsp3) is 0.0435. The molecular formula is C23H18Se. The first-order valence-electron chi connectivity index (χ1n) is 8.13. The third-order valence-corrected chi connectivity index (χ3v) is 6.52. The van der Waals surface area contributed by atoms with E-state index in [1.165, 1.54) is 36.4 Å². The van der Waals surface area contributed by atoms with Crippen LogP contribution in [0.1, 0.15) is 5.56 Å². The monoisotopic (exact) mass is 374 g/mol. The van der Waals surface area contributed by atoms with Crippen LogP contribution in [-0.4, -0.2) is 15.0 Å². The van der Waals surface area contributed by atoms with Gasteiger partial charge in [-0.2, -0.15) is 0 Å². The van der Waals surface area contributed by atoms with E-state index < -0.39 is 0 Å². The van der Waals surface area contributed by atoms with E-state index in [-0.39, 0.29) is 0 Å². The van der Waals surface area contributed by atoms with Crippen LogP contribution in [0.25, 0.3) is 21.9 Å². The van der Waals surface area contributed by atoms with E-state index in [4.69, 9.17) is 0 Å². The maximum atomic E-state index is 2.32. The Balaban J connectivity index is 1.97. The first-order valence-corrected chi connectivity index (χ1v) is 9.85. The van der Waals surface area contributed by atoms with Crippen molar-refractivity contribution in [1.82, 2.24) is 0 Å². The van der Waals surface area contributed by atoms with Crippen molar-refractivity contribution in [3.63, 3.8) is 0 Å². The summed E-state index contributed by atoms with van der Waals surface area (Å²) in [7, 11) is 0. The van der Waals surface area contributed by atoms with Crippen molar-refractivity contribution < 1.29 is 0 Å². The van der Waals surface area contributed by atoms with Crippen molar-refractivity contribution in [2.75, 3.05) is 0 Å². The van der Waals surface area contributed by atoms with Gasteiger partial charge in [-0.25, -0.2) is 0 Å². The second-order valence-electron chi connectivity index (χ2n) is 5.89. The summed E-state index contributed by atoms with van der Waals surface area (Å²) in [5, 5.41) is 2.66. The Kier molecular flexibility index (Phi) is 4.21. The van der Waals surface area contributed by atoms with Gasteiger partial charge >= 0.3 is 149 Å². The Bertz CT molecular complexity index is 987. The van der Waals surface area contributed by atoms with Crippen LogP contribution < -0.4 is 8.92 Å². The van der Waals surface area contributed by atoms with E-state index in [1.54, 1.807) is 0 Å². The molecule has 1 heteroatoms. The Hall–Kier alpha value is -2.34. The fourth-order valence-electron chi connectivity index (χ4n) is 3.08. The van der Waals surface area contributed by atoms with Gasteiger partial charge in [-0.05, 0) is 0 Å². The molecule has 0 aliphatic heterocycles. The minimum atomic E-state index is 0.295. The number of rotatable bonds is 3. The molecule has 0 aliphatic carbocycles. The van der Waals surface area contributed by atoms with Gasteiger partial charge in [-0.1, -0.05) is 0 Å². The van der Waals surface area contributed by atoms with E-state index in [0.717, 1.165) is 0 Å². The molecule has 0 unspecified atom stereocenters. The molecule has 0 atom stereocenters. The molecular weight excluding hydrogens is 355 g/mol. The molecule has 0 N–H and O–H groups in total. The van der Waals surface area contributed by atoms with Crippen LogP contribution in [0.15, 0.2) is 91.0 Å². The summed E-state index contributed by atoms with van der Waals surface area (Å²) in [5.41, 5.74) is 4.08. The topological polar surface area (TPSA) is 0 Å². The maximum absolute atomic E-state index is 2.32. The van der Waals surface area contributed by atoms with Crippen LogP contribution in [0, 0.1) is 6.92 Å². The quantitative estimate of drug-likeness (QED) is 0.465. The molecule has 24 heavy (non-hydrogen) atoms. The second-order valence-corrected chi connectivity index (χ2v) is 8.23. The zero-order valence-electron chi connectivity index (χ0n) is 13.6. The number of fused-ring (bicyclic) bond motifs is 1. The number of hydrogen-bond acceptors (Lipinski definition) is 0. The van der Waals surface area contributed by atoms with Gasteiger partial charge in [0, 0.05) is 0 Å². The Morgan fingerprint density at radius 3 is 2.17 bits per heavy atom. The standard InChI is InChI=1S/C23H18Se/c1-17-9-5-7-13-20(17)23-21-14-8-6-10-18(21)15-16-22(23)24-19-11-3-2-4-12-19/h2-16H,1H3. The molecule has 116 valence electrons. The van der Waals surface area contributed by atoms with Gasteiger partial charge in [0.15, 0.2) is 0 Å². The summed E-state index contributed by atoms with van der Waals surface area (Å²) < 4.78 is 2.86. The van der Waals surface area contributed by atoms with E-state index in [9.17, 15) is 0 Å². The Labute approximate surface area is 149 Å². The average Bonchev–Trinajstić information content (AvgIpc) is 2.63. The number of benzene rings is 4. The predicted molar refractivity (Wildman–Crippen MR) is 106 cm³/mol. The Morgan fingerprint density at radius 2 is 1.33 bits per heavy atom. The average molecular weight is 373 g/mol. The van der Waals surface area contributed by atoms with Crippen molar-refractivity contribution in [2.45, 2.75) is 6.92 Å². The Morgan fingerprint density at radius 1 is 0.625 bits per heavy atom. The third kappa shape index (κ3) is 2.89. The van der Waals surface area contributed by atoms with Crippen LogP contribution in [-0.2, 0) is 0 Å². The number of aryl methyl sites for hydroxylation is 1. The molecule has 0 nitrogen and oxygen atoms in total. The van der Waals surface area contributed by atoms with Gasteiger partial charge in [0.2, 0.25) is 0 Å². The van der Waals surface area contributed by atoms with Crippen LogP contribution in [0.3, 0.4) is 0 Å². The SMILES string of the molecule is Cc1ccccc1-c1c([Se]c2ccccc2)ccc2ccccc12. The predicted octanol–water partition coefficient (Wildman–Crippen LogP) is 4.47. The van der Waals surface area contributed by atoms with Crippen molar-refractivity contribution in [3.05, 3.63) is 96.6 Å². The summed E-state index contributed by atoms with van der Waals surface area (Å²) >= 11 is 0.295. The third-order valence-electron chi connectivity index (χ3n) is 4.28. The molecule has 0 heterocycles. The van der Waals surface area contributed by atoms with E-state index in [2.05, 4.69) is 97.9 Å². The van der Waals surface area contributed by atoms with Crippen molar-refractivity contribution in [3.8, 4) is 11.1 Å². The van der Waals surface area contributed by atoms with Gasteiger partial charge < -0.3 is 0 Å². The van der Waals surface area contributed by atoms with Gasteiger partial charge in [0.1, 0.15) is 0 Å². The second kappa shape index (κ2) is 6.65. The normalized spacial score (nSPS) is 10.9. The van der Waals surface area contributed by atoms with Gasteiger partial charge in [0.25, 0.3) is 0 Å². The van der Waals surface area contributed by atoms with Crippen LogP contribution in [0.5, 0.6) is 0 Å². The van der Waals surface area contributed by atoms with E-state index in [1.807, 2.05) is 0 Å². The summed E-state index contributed by atoms with van der Waals surface area (Å²) in [6.07, 6.45) is 0. The zero-order valence-corrected chi connectivity index (χ0v) is 15.3. The molecule has 0 radical (unpaired) electrons. The van der Waals surface area contributed by atoms with Crippen LogP contribution in [0.4, 0.5) is 0 Å². The summed E-state index contributed by atoms with van der Waals surface area (Å²) in [6, 6.07) is 32.8. The summed E-state index contributed by atoms with van der Waals surface area (Å²) in [4.78, 5) is 0. The van der Waals surface area contributed by atoms with Crippen LogP contribution >= 0.6 is 0 Å². The molecule has 4 aromatic rings. The molecule has 0 saturated heterocycles. The van der Waals surface area contributed by atoms with E-state index in [0.29, 0.717) is 15.0 Å². The van der Waals surface area contributed by atoms with Crippen molar-refractivity contribution in [1.29, 1.82) is 0 Å². The summed E-state index contributed by atoms with van der Waals surface area (Å²) in [5.74, 6) is 0. The molecule has 0 amide bonds. The van der Waals surface area contributed by atoms with Crippen molar-refractivity contribution in [2.24, 2.45) is 0 Å². The molecule has 0 saturated carbocycles. The number of hydrogen-bond donors (Lipinski definition) is 0. The molecule has 0 aliphatic rings. The van der Waals surface area contributed by atoms with Gasteiger partial charge in [0.05, 0.1) is 0 Å². The summed E-state index contributed by atoms with van der Waals surface area (Å²) in [6.45, 7) is 2.20. The first-order chi connectivity index (χ1) is 11.8. The minimum absolute atomic E-state index is 0.295. The van der Waals surface area contributed by atoms with E-state index >= 15 is 0 Å². The van der Waals surface area contributed by atoms with Crippen molar-refractivity contribution >= 4 is 34.7 Å². The van der Waals surface area contributed by atoms with Crippen LogP contribution in [0.2, 0.25) is 0 Å². The molecule has 0 spiro atoms. The van der Waals surface area contributed by atoms with Gasteiger partial charge in [-0.3, -0.25) is 0 Å². The molecule has 0 aromatic heterocycles. The first kappa shape index (κ1) is 15.2. The molecule has 0 bridgehead atoms. The molecule has 4 rings (SSSR count).